The van der Waals surface area contributed by atoms with E-state index in [4.69, 9.17) is 11.0 Å². The molecule has 6 nitrogen and oxygen atoms in total. The Balaban J connectivity index is 2.61. The van der Waals surface area contributed by atoms with Crippen LogP contribution in [0.25, 0.3) is 5.69 Å². The van der Waals surface area contributed by atoms with Crippen LogP contribution in [0.2, 0.25) is 0 Å². The van der Waals surface area contributed by atoms with E-state index in [1.807, 2.05) is 0 Å². The summed E-state index contributed by atoms with van der Waals surface area (Å²) < 4.78 is 104. The van der Waals surface area contributed by atoms with E-state index in [0.29, 0.717) is 16.7 Å². The first kappa shape index (κ1) is 20.9. The Labute approximate surface area is 149 Å². The van der Waals surface area contributed by atoms with Gasteiger partial charge in [0.15, 0.2) is 0 Å². The SMILES string of the molecule is N#Cc1cc(OC(F)(F)F)cc(N)c1-n1cnc(C(F)(F)C(F)(F)F)cc1=O. The number of alkyl halides is 8. The molecule has 0 aliphatic heterocycles. The Bertz CT molecular complexity index is 1000. The van der Waals surface area contributed by atoms with Crippen LogP contribution in [0, 0.1) is 11.3 Å². The molecule has 1 heterocycles. The van der Waals surface area contributed by atoms with Gasteiger partial charge < -0.3 is 10.5 Å². The molecule has 2 N–H and O–H groups in total. The summed E-state index contributed by atoms with van der Waals surface area (Å²) in [6, 6.07) is 2.41. The van der Waals surface area contributed by atoms with Crippen LogP contribution in [-0.2, 0) is 5.92 Å². The molecule has 0 radical (unpaired) electrons. The fourth-order valence-electron chi connectivity index (χ4n) is 2.06. The lowest BCUT2D eigenvalue weighted by Gasteiger charge is -2.19. The summed E-state index contributed by atoms with van der Waals surface area (Å²) >= 11 is 0. The van der Waals surface area contributed by atoms with Gasteiger partial charge in [-0.15, -0.1) is 13.2 Å². The maximum Gasteiger partial charge on any atom is 0.573 e. The number of halogens is 8. The number of hydrogen-bond donors (Lipinski definition) is 1. The minimum atomic E-state index is -6.02. The van der Waals surface area contributed by atoms with Crippen LogP contribution in [0.15, 0.2) is 29.3 Å². The smallest absolute Gasteiger partial charge is 0.406 e. The van der Waals surface area contributed by atoms with Crippen molar-refractivity contribution in [2.24, 2.45) is 0 Å². The Morgan fingerprint density at radius 3 is 2.14 bits per heavy atom. The van der Waals surface area contributed by atoms with Crippen molar-refractivity contribution in [3.63, 3.8) is 0 Å². The number of nitriles is 1. The number of anilines is 1. The fourth-order valence-corrected chi connectivity index (χ4v) is 2.06. The standard InChI is InChI=1S/C14H6F8N4O2/c15-12(16,13(17,18)19)9-3-10(27)26(5-25-9)11-6(4-23)1-7(2-8(11)24)28-14(20,21)22/h1-3,5H,24H2. The Kier molecular flexibility index (Phi) is 4.98. The molecule has 1 aromatic carbocycles. The lowest BCUT2D eigenvalue weighted by atomic mass is 10.1. The first-order valence-corrected chi connectivity index (χ1v) is 6.81. The van der Waals surface area contributed by atoms with Crippen molar-refractivity contribution in [1.29, 1.82) is 5.26 Å². The summed E-state index contributed by atoms with van der Waals surface area (Å²) in [5.41, 5.74) is 0.251. The highest BCUT2D eigenvalue weighted by Gasteiger charge is 2.60. The van der Waals surface area contributed by atoms with Crippen LogP contribution in [0.3, 0.4) is 0 Å². The molecule has 0 saturated heterocycles. The first-order valence-electron chi connectivity index (χ1n) is 6.81. The van der Waals surface area contributed by atoms with E-state index in [2.05, 4.69) is 9.72 Å². The minimum absolute atomic E-state index is 0.131. The quantitative estimate of drug-likeness (QED) is 0.615. The van der Waals surface area contributed by atoms with Gasteiger partial charge in [0.05, 0.1) is 16.9 Å². The van der Waals surface area contributed by atoms with Crippen molar-refractivity contribution in [3.8, 4) is 17.5 Å². The van der Waals surface area contributed by atoms with Crippen LogP contribution in [0.5, 0.6) is 5.75 Å². The number of hydrogen-bond acceptors (Lipinski definition) is 5. The molecule has 0 bridgehead atoms. The number of nitrogens with zero attached hydrogens (tertiary/aromatic N) is 3. The van der Waals surface area contributed by atoms with Crippen molar-refractivity contribution in [1.82, 2.24) is 9.55 Å². The molecule has 0 aliphatic carbocycles. The lowest BCUT2D eigenvalue weighted by Crippen LogP contribution is -2.36. The van der Waals surface area contributed by atoms with Gasteiger partial charge in [-0.2, -0.15) is 27.2 Å². The molecule has 1 aromatic heterocycles. The van der Waals surface area contributed by atoms with Crippen LogP contribution in [0.1, 0.15) is 11.3 Å². The van der Waals surface area contributed by atoms with Gasteiger partial charge in [-0.25, -0.2) is 4.98 Å². The molecule has 0 unspecified atom stereocenters. The second kappa shape index (κ2) is 6.66. The highest BCUT2D eigenvalue weighted by molar-refractivity contribution is 5.68. The molecule has 2 rings (SSSR count). The van der Waals surface area contributed by atoms with Crippen molar-refractivity contribution in [3.05, 3.63) is 46.1 Å². The number of rotatable bonds is 3. The van der Waals surface area contributed by atoms with Crippen LogP contribution in [-0.4, -0.2) is 22.1 Å². The third kappa shape index (κ3) is 3.97. The third-order valence-corrected chi connectivity index (χ3v) is 3.20. The van der Waals surface area contributed by atoms with E-state index >= 15 is 0 Å². The molecule has 2 aromatic rings. The average molecular weight is 414 g/mol. The maximum absolute atomic E-state index is 13.3. The van der Waals surface area contributed by atoms with Crippen LogP contribution in [0.4, 0.5) is 40.8 Å². The summed E-state index contributed by atoms with van der Waals surface area (Å²) in [5.74, 6) is -6.34. The second-order valence-corrected chi connectivity index (χ2v) is 5.12. The molecule has 0 fully saturated rings. The van der Waals surface area contributed by atoms with Crippen molar-refractivity contribution in [2.75, 3.05) is 5.73 Å². The van der Waals surface area contributed by atoms with Gasteiger partial charge in [-0.05, 0) is 0 Å². The molecular formula is C14H6F8N4O2. The summed E-state index contributed by atoms with van der Waals surface area (Å²) in [6.07, 6.45) is -10.9. The number of nitrogen functional groups attached to an aromatic ring is 1. The molecule has 0 aliphatic rings. The van der Waals surface area contributed by atoms with Gasteiger partial charge in [-0.3, -0.25) is 9.36 Å². The summed E-state index contributed by atoms with van der Waals surface area (Å²) in [6.45, 7) is 0. The zero-order chi connectivity index (χ0) is 21.5. The average Bonchev–Trinajstić information content (AvgIpc) is 2.52. The van der Waals surface area contributed by atoms with Gasteiger partial charge in [0.25, 0.3) is 5.56 Å². The van der Waals surface area contributed by atoms with Gasteiger partial charge in [0.2, 0.25) is 0 Å². The number of nitrogens with two attached hydrogens (primary N) is 1. The van der Waals surface area contributed by atoms with Crippen LogP contribution >= 0.6 is 0 Å². The van der Waals surface area contributed by atoms with Crippen molar-refractivity contribution in [2.45, 2.75) is 18.5 Å². The fraction of sp³-hybridized carbons (Fsp3) is 0.214. The molecule has 0 spiro atoms. The highest BCUT2D eigenvalue weighted by atomic mass is 19.4. The molecular weight excluding hydrogens is 408 g/mol. The predicted octanol–water partition coefficient (Wildman–Crippen LogP) is 3.24. The Morgan fingerprint density at radius 1 is 1.07 bits per heavy atom. The number of benzene rings is 1. The second-order valence-electron chi connectivity index (χ2n) is 5.12. The van der Waals surface area contributed by atoms with E-state index < -0.39 is 52.4 Å². The van der Waals surface area contributed by atoms with Crippen molar-refractivity contribution >= 4 is 5.69 Å². The zero-order valence-corrected chi connectivity index (χ0v) is 13.1. The molecule has 0 amide bonds. The molecule has 0 saturated carbocycles. The predicted molar refractivity (Wildman–Crippen MR) is 75.6 cm³/mol. The summed E-state index contributed by atoms with van der Waals surface area (Å²) in [4.78, 5) is 14.9. The molecule has 14 heteroatoms. The monoisotopic (exact) mass is 414 g/mol. The van der Waals surface area contributed by atoms with Gasteiger partial charge in [0, 0.05) is 18.2 Å². The number of ether oxygens (including phenoxy) is 1. The van der Waals surface area contributed by atoms with Gasteiger partial charge >= 0.3 is 18.5 Å². The molecule has 150 valence electrons. The normalized spacial score (nSPS) is 12.5. The topological polar surface area (TPSA) is 93.9 Å². The largest absolute Gasteiger partial charge is 0.573 e. The Hall–Kier alpha value is -3.37. The zero-order valence-electron chi connectivity index (χ0n) is 13.1. The summed E-state index contributed by atoms with van der Waals surface area (Å²) in [7, 11) is 0. The van der Waals surface area contributed by atoms with E-state index in [1.54, 1.807) is 0 Å². The number of aromatic nitrogens is 2. The van der Waals surface area contributed by atoms with E-state index in [9.17, 15) is 39.9 Å². The summed E-state index contributed by atoms with van der Waals surface area (Å²) in [5, 5.41) is 9.06. The van der Waals surface area contributed by atoms with Gasteiger partial charge in [-0.1, -0.05) is 0 Å². The maximum atomic E-state index is 13.3. The highest BCUT2D eigenvalue weighted by Crippen LogP contribution is 2.42. The van der Waals surface area contributed by atoms with Crippen molar-refractivity contribution < 1.29 is 39.9 Å². The van der Waals surface area contributed by atoms with E-state index in [0.717, 1.165) is 0 Å². The lowest BCUT2D eigenvalue weighted by molar-refractivity contribution is -0.291. The van der Waals surface area contributed by atoms with E-state index in [1.165, 1.54) is 6.07 Å². The van der Waals surface area contributed by atoms with E-state index in [-0.39, 0.29) is 12.4 Å². The molecule has 28 heavy (non-hydrogen) atoms. The third-order valence-electron chi connectivity index (χ3n) is 3.20. The Morgan fingerprint density at radius 2 is 1.68 bits per heavy atom. The first-order chi connectivity index (χ1) is 12.7. The van der Waals surface area contributed by atoms with Crippen LogP contribution < -0.4 is 16.0 Å². The molecule has 0 atom stereocenters. The van der Waals surface area contributed by atoms with Gasteiger partial charge in [0.1, 0.15) is 23.8 Å². The minimum Gasteiger partial charge on any atom is -0.406 e.